The Labute approximate surface area is 141 Å². The lowest BCUT2D eigenvalue weighted by molar-refractivity contribution is 0.602. The van der Waals surface area contributed by atoms with E-state index >= 15 is 0 Å². The monoisotopic (exact) mass is 378 g/mol. The molecule has 0 atom stereocenters. The second kappa shape index (κ2) is 5.34. The Morgan fingerprint density at radius 1 is 1.23 bits per heavy atom. The number of nitrogens with zero attached hydrogens (tertiary/aromatic N) is 2. The van der Waals surface area contributed by atoms with Crippen LogP contribution in [0.5, 0.6) is 0 Å². The van der Waals surface area contributed by atoms with E-state index in [0.717, 1.165) is 0 Å². The maximum Gasteiger partial charge on any atom is 0.264 e. The van der Waals surface area contributed by atoms with E-state index < -0.39 is 10.0 Å². The van der Waals surface area contributed by atoms with Crippen LogP contribution in [-0.2, 0) is 17.1 Å². The number of aromatic nitrogens is 3. The van der Waals surface area contributed by atoms with E-state index in [1.54, 1.807) is 13.1 Å². The molecule has 0 unspecified atom stereocenters. The number of H-pyrrole nitrogens is 1. The average Bonchev–Trinajstić information content (AvgIpc) is 2.98. The molecule has 2 N–H and O–H groups in total. The predicted octanol–water partition coefficient (Wildman–Crippen LogP) is 3.66. The molecule has 0 bridgehead atoms. The maximum absolute atomic E-state index is 12.5. The van der Waals surface area contributed by atoms with Crippen molar-refractivity contribution < 1.29 is 8.42 Å². The minimum Gasteiger partial charge on any atom is -0.360 e. The third-order valence-corrected chi connectivity index (χ3v) is 5.66. The zero-order valence-electron chi connectivity index (χ0n) is 11.1. The molecule has 0 aliphatic rings. The lowest BCUT2D eigenvalue weighted by Crippen LogP contribution is -2.12. The summed E-state index contributed by atoms with van der Waals surface area (Å²) in [7, 11) is -2.25. The SMILES string of the molecule is Cn1ncc(NS(=O)(=O)c2c[nH]c3cc(Cl)c(Cl)cc23)c1Cl. The predicted molar refractivity (Wildman–Crippen MR) is 87.3 cm³/mol. The number of anilines is 1. The van der Waals surface area contributed by atoms with E-state index in [-0.39, 0.29) is 20.8 Å². The van der Waals surface area contributed by atoms with Crippen LogP contribution in [-0.4, -0.2) is 23.2 Å². The van der Waals surface area contributed by atoms with Crippen molar-refractivity contribution in [3.05, 3.63) is 39.7 Å². The van der Waals surface area contributed by atoms with E-state index in [1.807, 2.05) is 0 Å². The van der Waals surface area contributed by atoms with Gasteiger partial charge in [-0.3, -0.25) is 9.40 Å². The highest BCUT2D eigenvalue weighted by Gasteiger charge is 2.22. The Bertz CT molecular complexity index is 978. The molecule has 6 nitrogen and oxygen atoms in total. The number of nitrogens with one attached hydrogen (secondary N) is 2. The van der Waals surface area contributed by atoms with Gasteiger partial charge in [0, 0.05) is 24.1 Å². The van der Waals surface area contributed by atoms with E-state index in [2.05, 4.69) is 14.8 Å². The minimum absolute atomic E-state index is 0.0426. The van der Waals surface area contributed by atoms with Crippen molar-refractivity contribution in [2.75, 3.05) is 4.72 Å². The number of halogens is 3. The highest BCUT2D eigenvalue weighted by molar-refractivity contribution is 7.93. The zero-order valence-corrected chi connectivity index (χ0v) is 14.1. The molecule has 0 spiro atoms. The summed E-state index contributed by atoms with van der Waals surface area (Å²) in [6.45, 7) is 0. The molecule has 1 aromatic carbocycles. The van der Waals surface area contributed by atoms with Gasteiger partial charge >= 0.3 is 0 Å². The minimum atomic E-state index is -3.86. The van der Waals surface area contributed by atoms with Gasteiger partial charge in [-0.15, -0.1) is 0 Å². The van der Waals surface area contributed by atoms with Crippen LogP contribution in [0.25, 0.3) is 10.9 Å². The molecule has 0 amide bonds. The van der Waals surface area contributed by atoms with E-state index in [1.165, 1.54) is 23.1 Å². The molecule has 0 aliphatic heterocycles. The number of aryl methyl sites for hydroxylation is 1. The molecule has 2 heterocycles. The fourth-order valence-corrected chi connectivity index (χ4v) is 3.75. The molecule has 0 saturated carbocycles. The topological polar surface area (TPSA) is 79.8 Å². The quantitative estimate of drug-likeness (QED) is 0.729. The van der Waals surface area contributed by atoms with Crippen molar-refractivity contribution in [2.45, 2.75) is 4.90 Å². The molecular weight excluding hydrogens is 371 g/mol. The number of rotatable bonds is 3. The van der Waals surface area contributed by atoms with E-state index in [4.69, 9.17) is 34.8 Å². The number of sulfonamides is 1. The molecule has 116 valence electrons. The molecular formula is C12H9Cl3N4O2S. The van der Waals surface area contributed by atoms with Crippen molar-refractivity contribution >= 4 is 61.4 Å². The summed E-state index contributed by atoms with van der Waals surface area (Å²) < 4.78 is 28.8. The molecule has 3 aromatic rings. The van der Waals surface area contributed by atoms with Gasteiger partial charge in [0.25, 0.3) is 10.0 Å². The van der Waals surface area contributed by atoms with Crippen molar-refractivity contribution in [2.24, 2.45) is 7.05 Å². The Morgan fingerprint density at radius 3 is 2.55 bits per heavy atom. The first-order valence-corrected chi connectivity index (χ1v) is 8.58. The molecule has 0 saturated heterocycles. The van der Waals surface area contributed by atoms with Crippen LogP contribution in [0.3, 0.4) is 0 Å². The number of hydrogen-bond donors (Lipinski definition) is 2. The molecule has 0 aliphatic carbocycles. The van der Waals surface area contributed by atoms with Crippen LogP contribution in [0.15, 0.2) is 29.4 Å². The van der Waals surface area contributed by atoms with Gasteiger partial charge in [-0.05, 0) is 12.1 Å². The van der Waals surface area contributed by atoms with Crippen LogP contribution in [0.4, 0.5) is 5.69 Å². The molecule has 2 aromatic heterocycles. The van der Waals surface area contributed by atoms with Gasteiger partial charge in [-0.2, -0.15) is 5.10 Å². The summed E-state index contributed by atoms with van der Waals surface area (Å²) in [5.41, 5.74) is 0.755. The second-order valence-corrected chi connectivity index (χ2v) is 7.37. The zero-order chi connectivity index (χ0) is 16.1. The molecule has 10 heteroatoms. The highest BCUT2D eigenvalue weighted by atomic mass is 35.5. The molecule has 0 fully saturated rings. The summed E-state index contributed by atoms with van der Waals surface area (Å²) in [6.07, 6.45) is 2.70. The standard InChI is InChI=1S/C12H9Cl3N4O2S/c1-19-12(15)10(4-17-19)18-22(20,21)11-5-16-9-3-8(14)7(13)2-6(9)11/h2-5,16,18H,1H3. The third kappa shape index (κ3) is 2.54. The van der Waals surface area contributed by atoms with E-state index in [9.17, 15) is 8.42 Å². The van der Waals surface area contributed by atoms with Gasteiger partial charge in [0.15, 0.2) is 5.15 Å². The smallest absolute Gasteiger partial charge is 0.264 e. The number of hydrogen-bond acceptors (Lipinski definition) is 3. The molecule has 0 radical (unpaired) electrons. The van der Waals surface area contributed by atoms with Gasteiger partial charge < -0.3 is 4.98 Å². The number of aromatic amines is 1. The summed E-state index contributed by atoms with van der Waals surface area (Å²) in [5.74, 6) is 0. The van der Waals surface area contributed by atoms with Crippen molar-refractivity contribution in [1.29, 1.82) is 0 Å². The normalized spacial score (nSPS) is 12.0. The fourth-order valence-electron chi connectivity index (χ4n) is 2.00. The van der Waals surface area contributed by atoms with Crippen LogP contribution in [0, 0.1) is 0 Å². The highest BCUT2D eigenvalue weighted by Crippen LogP contribution is 2.32. The van der Waals surface area contributed by atoms with Gasteiger partial charge in [0.2, 0.25) is 0 Å². The maximum atomic E-state index is 12.5. The van der Waals surface area contributed by atoms with Gasteiger partial charge in [-0.1, -0.05) is 34.8 Å². The van der Waals surface area contributed by atoms with Crippen molar-refractivity contribution in [3.63, 3.8) is 0 Å². The van der Waals surface area contributed by atoms with E-state index in [0.29, 0.717) is 15.9 Å². The Kier molecular flexibility index (Phi) is 3.76. The summed E-state index contributed by atoms with van der Waals surface area (Å²) in [6, 6.07) is 3.06. The Morgan fingerprint density at radius 2 is 1.91 bits per heavy atom. The number of benzene rings is 1. The van der Waals surface area contributed by atoms with Gasteiger partial charge in [0.05, 0.1) is 16.2 Å². The van der Waals surface area contributed by atoms with Gasteiger partial charge in [-0.25, -0.2) is 8.42 Å². The van der Waals surface area contributed by atoms with Crippen LogP contribution in [0.2, 0.25) is 15.2 Å². The third-order valence-electron chi connectivity index (χ3n) is 3.08. The lowest BCUT2D eigenvalue weighted by atomic mass is 10.2. The number of fused-ring (bicyclic) bond motifs is 1. The molecule has 3 rings (SSSR count). The van der Waals surface area contributed by atoms with Gasteiger partial charge in [0.1, 0.15) is 10.6 Å². The first kappa shape index (κ1) is 15.5. The summed E-state index contributed by atoms with van der Waals surface area (Å²) in [5, 5.41) is 5.10. The first-order valence-electron chi connectivity index (χ1n) is 5.96. The van der Waals surface area contributed by atoms with Crippen LogP contribution in [0.1, 0.15) is 0 Å². The summed E-state index contributed by atoms with van der Waals surface area (Å²) in [4.78, 5) is 2.89. The summed E-state index contributed by atoms with van der Waals surface area (Å²) >= 11 is 17.8. The van der Waals surface area contributed by atoms with Crippen molar-refractivity contribution in [1.82, 2.24) is 14.8 Å². The average molecular weight is 380 g/mol. The Balaban J connectivity index is 2.09. The van der Waals surface area contributed by atoms with Crippen molar-refractivity contribution in [3.8, 4) is 0 Å². The largest absolute Gasteiger partial charge is 0.360 e. The van der Waals surface area contributed by atoms with Crippen LogP contribution >= 0.6 is 34.8 Å². The second-order valence-electron chi connectivity index (χ2n) is 4.54. The van der Waals surface area contributed by atoms with Crippen LogP contribution < -0.4 is 4.72 Å². The lowest BCUT2D eigenvalue weighted by Gasteiger charge is -2.06. The Hall–Kier alpha value is -1.41. The first-order chi connectivity index (χ1) is 10.3. The fraction of sp³-hybridized carbons (Fsp3) is 0.0833. The molecule has 22 heavy (non-hydrogen) atoms.